The lowest BCUT2D eigenvalue weighted by Crippen LogP contribution is -2.34. The average Bonchev–Trinajstić information content (AvgIpc) is 3.43. The van der Waals surface area contributed by atoms with Crippen molar-refractivity contribution < 1.29 is 43.0 Å². The highest BCUT2D eigenvalue weighted by Gasteiger charge is 2.24. The van der Waals surface area contributed by atoms with Crippen molar-refractivity contribution in [1.29, 1.82) is 5.26 Å². The summed E-state index contributed by atoms with van der Waals surface area (Å²) < 4.78 is 19.8. The van der Waals surface area contributed by atoms with Gasteiger partial charge in [-0.1, -0.05) is 219 Å². The molecule has 0 radical (unpaired) electrons. The fourth-order valence-electron chi connectivity index (χ4n) is 5.54. The summed E-state index contributed by atoms with van der Waals surface area (Å²) in [5, 5.41) is 10.4. The third-order valence-electron chi connectivity index (χ3n) is 9.99. The maximum atomic E-state index is 12.1. The second-order valence-corrected chi connectivity index (χ2v) is 33.6. The van der Waals surface area contributed by atoms with E-state index in [0.29, 0.717) is 24.0 Å². The Kier molecular flexibility index (Phi) is 68.4. The number of carbonyl (C=O) groups excluding carboxylic acids is 6. The summed E-state index contributed by atoms with van der Waals surface area (Å²) in [4.78, 5) is 70.9. The normalized spacial score (nSPS) is 12.1. The number of hydrogen-bond donors (Lipinski definition) is 1. The molecule has 0 spiro atoms. The molecule has 0 aromatic heterocycles. The Hall–Kier alpha value is -1.28. The molecule has 0 aliphatic rings. The first-order valence-corrected chi connectivity index (χ1v) is 37.4. The fourth-order valence-corrected chi connectivity index (χ4v) is 13.1. The first-order chi connectivity index (χ1) is 40.0. The van der Waals surface area contributed by atoms with E-state index in [0.717, 1.165) is 134 Å². The van der Waals surface area contributed by atoms with Gasteiger partial charge in [-0.2, -0.15) is 5.26 Å². The van der Waals surface area contributed by atoms with Gasteiger partial charge in [0.2, 0.25) is 16.9 Å². The summed E-state index contributed by atoms with van der Waals surface area (Å²) in [6.07, 6.45) is 12.3. The average molecular weight is 1420 g/mol. The molecule has 1 aromatic carbocycles. The molecule has 25 heteroatoms. The van der Waals surface area contributed by atoms with Crippen LogP contribution in [0.2, 0.25) is 0 Å². The first-order valence-electron chi connectivity index (χ1n) is 28.6. The Morgan fingerprint density at radius 2 is 0.918 bits per heavy atom. The lowest BCUT2D eigenvalue weighted by molar-refractivity contribution is -0.143. The van der Waals surface area contributed by atoms with E-state index in [1.807, 2.05) is 113 Å². The summed E-state index contributed by atoms with van der Waals surface area (Å²) in [6, 6.07) is 11.5. The van der Waals surface area contributed by atoms with Gasteiger partial charge in [0.25, 0.3) is 0 Å². The van der Waals surface area contributed by atoms with Crippen molar-refractivity contribution in [2.45, 2.75) is 219 Å². The molecule has 6 unspecified atom stereocenters. The number of esters is 3. The number of amides is 2. The molecule has 0 aliphatic carbocycles. The van der Waals surface area contributed by atoms with Crippen LogP contribution in [0.25, 0.3) is 0 Å². The smallest absolute Gasteiger partial charge is 0.334 e. The summed E-state index contributed by atoms with van der Waals surface area (Å²) in [7, 11) is 1.85. The van der Waals surface area contributed by atoms with E-state index < -0.39 is 11.2 Å². The second kappa shape index (κ2) is 62.9. The van der Waals surface area contributed by atoms with E-state index in [1.165, 1.54) is 70.6 Å². The number of thiocarbonyl (C=S) groups is 6. The van der Waals surface area contributed by atoms with Gasteiger partial charge in [-0.15, -0.1) is 47.0 Å². The zero-order valence-corrected chi connectivity index (χ0v) is 64.1. The molecule has 0 heterocycles. The number of ether oxygens (including phenoxy) is 3. The molecule has 6 atom stereocenters. The van der Waals surface area contributed by atoms with Crippen LogP contribution in [0, 0.1) is 11.3 Å². The molecule has 12 nitrogen and oxygen atoms in total. The van der Waals surface area contributed by atoms with Crippen LogP contribution in [0.5, 0.6) is 0 Å². The number of hydrogen-bond acceptors (Lipinski definition) is 23. The van der Waals surface area contributed by atoms with Crippen LogP contribution in [-0.2, 0) is 43.0 Å². The zero-order chi connectivity index (χ0) is 66.3. The van der Waals surface area contributed by atoms with Crippen LogP contribution in [0.4, 0.5) is 0 Å². The van der Waals surface area contributed by atoms with E-state index in [4.69, 9.17) is 92.8 Å². The van der Waals surface area contributed by atoms with E-state index in [2.05, 4.69) is 39.9 Å². The Balaban J connectivity index is -0.000000303. The van der Waals surface area contributed by atoms with Gasteiger partial charge in [0.05, 0.1) is 41.6 Å². The third kappa shape index (κ3) is 61.4. The Morgan fingerprint density at radius 1 is 0.518 bits per heavy atom. The topological polar surface area (TPSA) is 169 Å². The fraction of sp³-hybridized carbons (Fsp3) is 0.683. The Labute approximate surface area is 575 Å². The standard InChI is InChI=1S/C14H18O2S2.C10H19NOS2.C9H13NO2S2.C9H17NOS2.C9H16O2S2.C9H16OS3/c1-3-4-10-16-14(15)13(18-11(2)17)12-8-6-5-7-9-12;1-5-6-7-11(4)10(12)8(2)14-9(3)13;1-3-4-5-12-9(11)8(6-10)14-7(2)13;1-4-5-6-10-9(11)7(2)13-8(3)12;1-4-5-6-11-9(10)7(2)13-8(3)12;1-4-5-6-12-9(10)7(2)13-8(3)11/h5-9,13H,3-4,10H2,1-2H3;8H,5-7H2,1-4H3;8H,3-5H2,1-2H3;7H,4-6H2,1-3H3,(H,10,11);2*7H,4-6H2,1-3H3. The molecule has 486 valence electrons. The van der Waals surface area contributed by atoms with Gasteiger partial charge in [0.15, 0.2) is 5.25 Å². The Morgan fingerprint density at radius 3 is 1.34 bits per heavy atom. The molecule has 85 heavy (non-hydrogen) atoms. The minimum absolute atomic E-state index is 0.0133. The van der Waals surface area contributed by atoms with Gasteiger partial charge in [-0.3, -0.25) is 24.0 Å². The minimum atomic E-state index is -0.815. The third-order valence-corrected chi connectivity index (χ3v) is 18.5. The molecule has 1 N–H and O–H groups in total. The molecule has 1 rings (SSSR count). The van der Waals surface area contributed by atoms with Crippen molar-refractivity contribution in [3.8, 4) is 6.07 Å². The molecule has 0 saturated carbocycles. The van der Waals surface area contributed by atoms with Crippen molar-refractivity contribution in [3.05, 3.63) is 35.9 Å². The van der Waals surface area contributed by atoms with E-state index >= 15 is 0 Å². The van der Waals surface area contributed by atoms with Gasteiger partial charge < -0.3 is 24.4 Å². The number of unbranched alkanes of at least 4 members (excludes halogenated alkanes) is 6. The number of nitrogens with one attached hydrogen (secondary N) is 1. The largest absolute Gasteiger partial charge is 0.465 e. The van der Waals surface area contributed by atoms with Gasteiger partial charge in [-0.05, 0) is 113 Å². The molecular weight excluding hydrogens is 1320 g/mol. The van der Waals surface area contributed by atoms with Crippen LogP contribution in [0.15, 0.2) is 30.3 Å². The maximum absolute atomic E-state index is 12.1. The van der Waals surface area contributed by atoms with Crippen molar-refractivity contribution in [2.75, 3.05) is 45.7 Å². The first kappa shape index (κ1) is 92.4. The summed E-state index contributed by atoms with van der Waals surface area (Å²) in [5.74, 6) is 0.341. The predicted octanol–water partition coefficient (Wildman–Crippen LogP) is 17.9. The maximum Gasteiger partial charge on any atom is 0.334 e. The number of benzene rings is 1. The molecular formula is C60H99N3O9S13. The highest BCUT2D eigenvalue weighted by molar-refractivity contribution is 8.26. The van der Waals surface area contributed by atoms with Crippen LogP contribution in [-0.4, -0.2) is 137 Å². The summed E-state index contributed by atoms with van der Waals surface area (Å²) in [6.45, 7) is 33.9. The van der Waals surface area contributed by atoms with Gasteiger partial charge in [-0.25, -0.2) is 4.79 Å². The Bertz CT molecular complexity index is 2040. The van der Waals surface area contributed by atoms with Crippen LogP contribution in [0.1, 0.15) is 199 Å². The molecule has 2 amide bonds. The molecule has 1 aromatic rings. The van der Waals surface area contributed by atoms with E-state index in [9.17, 15) is 28.8 Å². The van der Waals surface area contributed by atoms with Crippen LogP contribution in [0.3, 0.4) is 0 Å². The number of thioether (sulfide) groups is 7. The number of carbonyl (C=O) groups is 6. The predicted molar refractivity (Wildman–Crippen MR) is 402 cm³/mol. The van der Waals surface area contributed by atoms with Crippen molar-refractivity contribution in [1.82, 2.24) is 10.2 Å². The summed E-state index contributed by atoms with van der Waals surface area (Å²) >= 11 is 39.2. The van der Waals surface area contributed by atoms with Crippen molar-refractivity contribution in [3.63, 3.8) is 0 Å². The molecule has 0 aliphatic heterocycles. The highest BCUT2D eigenvalue weighted by atomic mass is 32.2. The van der Waals surface area contributed by atoms with E-state index in [1.54, 1.807) is 11.8 Å². The van der Waals surface area contributed by atoms with Gasteiger partial charge in [0, 0.05) is 51.1 Å². The minimum Gasteiger partial charge on any atom is -0.465 e. The molecule has 0 bridgehead atoms. The quantitative estimate of drug-likeness (QED) is 0.0322. The van der Waals surface area contributed by atoms with E-state index in [-0.39, 0.29) is 55.1 Å². The second-order valence-electron chi connectivity index (χ2n) is 18.4. The number of nitrogens with zero attached hydrogens (tertiary/aromatic N) is 2. The number of rotatable bonds is 31. The van der Waals surface area contributed by atoms with Gasteiger partial charge >= 0.3 is 17.9 Å². The van der Waals surface area contributed by atoms with Gasteiger partial charge in [0.1, 0.15) is 10.5 Å². The van der Waals surface area contributed by atoms with Crippen molar-refractivity contribution >= 4 is 216 Å². The molecule has 0 fully saturated rings. The van der Waals surface area contributed by atoms with Crippen LogP contribution < -0.4 is 5.32 Å². The summed E-state index contributed by atoms with van der Waals surface area (Å²) in [5.41, 5.74) is 0.938. The zero-order valence-electron chi connectivity index (χ0n) is 53.5. The SMILES string of the molecule is CCCCN(C)C(=O)C(C)SC(C)=S.CCCCNC(=O)C(C)SC(C)=S.CCCCOC(=O)C(C#N)SC(C)=S.CCCCOC(=O)C(C)SC(C)=S.CCCCOC(=O)C(SC(C)=S)c1ccccc1.CCCCSC(=O)C(C)SC(C)=S. The highest BCUT2D eigenvalue weighted by Crippen LogP contribution is 2.31. The molecule has 0 saturated heterocycles. The van der Waals surface area contributed by atoms with Crippen molar-refractivity contribution in [2.24, 2.45) is 0 Å². The van der Waals surface area contributed by atoms with Crippen LogP contribution >= 0.6 is 156 Å². The lowest BCUT2D eigenvalue weighted by atomic mass is 10.1. The monoisotopic (exact) mass is 1420 g/mol. The number of nitriles is 1. The lowest BCUT2D eigenvalue weighted by Gasteiger charge is -2.20.